The fraction of sp³-hybridized carbons (Fsp3) is 0.222. The van der Waals surface area contributed by atoms with Gasteiger partial charge in [0.2, 0.25) is 0 Å². The maximum Gasteiger partial charge on any atom is 0.326 e. The Labute approximate surface area is 173 Å². The molecule has 28 heavy (non-hydrogen) atoms. The van der Waals surface area contributed by atoms with Crippen LogP contribution in [0.4, 0.5) is 19.3 Å². The van der Waals surface area contributed by atoms with Crippen molar-refractivity contribution in [2.24, 2.45) is 5.92 Å². The van der Waals surface area contributed by atoms with E-state index in [0.717, 1.165) is 18.2 Å². The van der Waals surface area contributed by atoms with Crippen molar-refractivity contribution in [1.82, 2.24) is 5.32 Å². The van der Waals surface area contributed by atoms with E-state index < -0.39 is 33.5 Å². The highest BCUT2D eigenvalue weighted by Crippen LogP contribution is 2.53. The average Bonchev–Trinajstić information content (AvgIpc) is 3.20. The Kier molecular flexibility index (Phi) is 5.98. The van der Waals surface area contributed by atoms with E-state index in [1.54, 1.807) is 0 Å². The van der Waals surface area contributed by atoms with Gasteiger partial charge in [-0.25, -0.2) is 13.6 Å². The van der Waals surface area contributed by atoms with E-state index in [2.05, 4.69) is 5.32 Å². The summed E-state index contributed by atoms with van der Waals surface area (Å²) in [6.45, 7) is 0.294. The summed E-state index contributed by atoms with van der Waals surface area (Å²) < 4.78 is 31.9. The molecule has 1 saturated carbocycles. The van der Waals surface area contributed by atoms with Gasteiger partial charge in [-0.2, -0.15) is 0 Å². The Bertz CT molecular complexity index is 920. The molecule has 0 bridgehead atoms. The summed E-state index contributed by atoms with van der Waals surface area (Å²) in [6.07, 6.45) is 0.629. The molecule has 0 spiro atoms. The van der Waals surface area contributed by atoms with Gasteiger partial charge in [0.25, 0.3) is 5.91 Å². The minimum Gasteiger partial charge on any atom is -0.492 e. The van der Waals surface area contributed by atoms with E-state index in [4.69, 9.17) is 39.5 Å². The van der Waals surface area contributed by atoms with Crippen LogP contribution in [0.5, 0.6) is 5.75 Å². The molecule has 0 aliphatic heterocycles. The smallest absolute Gasteiger partial charge is 0.326 e. The summed E-state index contributed by atoms with van der Waals surface area (Å²) in [6, 6.07) is 6.34. The number of benzene rings is 2. The lowest BCUT2D eigenvalue weighted by atomic mass is 10.2. The van der Waals surface area contributed by atoms with Crippen molar-refractivity contribution < 1.29 is 23.1 Å². The number of halogens is 5. The van der Waals surface area contributed by atoms with Gasteiger partial charge in [-0.05, 0) is 36.8 Å². The molecular formula is C18H13Cl3F2N2O3. The molecule has 5 nitrogen and oxygen atoms in total. The molecule has 0 heterocycles. The number of carbonyl (C=O) groups is 2. The molecule has 1 aliphatic rings. The molecule has 148 valence electrons. The first-order valence-corrected chi connectivity index (χ1v) is 9.17. The standard InChI is InChI=1S/C18H13Cl3F2N2O3/c19-11-6-10(4-5-14(11)28-8-9-7-18(9,20)21)24-17(27)25-16(26)15-12(22)2-1-3-13(15)23/h1-6,9H,7-8H2,(H2,24,25,26,27). The molecule has 2 N–H and O–H groups in total. The lowest BCUT2D eigenvalue weighted by Gasteiger charge is -2.11. The molecule has 1 fully saturated rings. The fourth-order valence-corrected chi connectivity index (χ4v) is 3.11. The van der Waals surface area contributed by atoms with Crippen LogP contribution in [0, 0.1) is 17.6 Å². The highest BCUT2D eigenvalue weighted by atomic mass is 35.5. The van der Waals surface area contributed by atoms with E-state index >= 15 is 0 Å². The lowest BCUT2D eigenvalue weighted by Crippen LogP contribution is -2.35. The summed E-state index contributed by atoms with van der Waals surface area (Å²) in [4.78, 5) is 23.8. The Morgan fingerprint density at radius 2 is 1.82 bits per heavy atom. The number of alkyl halides is 2. The first kappa shape index (κ1) is 20.6. The molecule has 2 aromatic carbocycles. The Morgan fingerprint density at radius 3 is 2.39 bits per heavy atom. The SMILES string of the molecule is O=C(NC(=O)c1c(F)cccc1F)Nc1ccc(OCC2CC2(Cl)Cl)c(Cl)c1. The molecular weight excluding hydrogens is 437 g/mol. The second-order valence-corrected chi connectivity index (χ2v) is 8.07. The molecule has 1 unspecified atom stereocenters. The van der Waals surface area contributed by atoms with Gasteiger partial charge in [-0.1, -0.05) is 17.7 Å². The summed E-state index contributed by atoms with van der Waals surface area (Å²) >= 11 is 18.0. The molecule has 0 saturated heterocycles. The second kappa shape index (κ2) is 8.11. The minimum atomic E-state index is -1.21. The van der Waals surface area contributed by atoms with Crippen LogP contribution < -0.4 is 15.4 Å². The molecule has 1 aliphatic carbocycles. The van der Waals surface area contributed by atoms with Crippen LogP contribution in [0.25, 0.3) is 0 Å². The minimum absolute atomic E-state index is 0.0141. The van der Waals surface area contributed by atoms with Gasteiger partial charge in [-0.15, -0.1) is 23.2 Å². The number of imide groups is 1. The van der Waals surface area contributed by atoms with E-state index in [0.29, 0.717) is 18.8 Å². The van der Waals surface area contributed by atoms with Gasteiger partial charge >= 0.3 is 6.03 Å². The maximum atomic E-state index is 13.6. The molecule has 1 atom stereocenters. The number of anilines is 1. The molecule has 0 radical (unpaired) electrons. The lowest BCUT2D eigenvalue weighted by molar-refractivity contribution is 0.0959. The molecule has 10 heteroatoms. The van der Waals surface area contributed by atoms with Crippen molar-refractivity contribution >= 4 is 52.4 Å². The predicted octanol–water partition coefficient (Wildman–Crippen LogP) is 5.15. The highest BCUT2D eigenvalue weighted by Gasteiger charge is 2.52. The van der Waals surface area contributed by atoms with Crippen molar-refractivity contribution in [2.45, 2.75) is 10.8 Å². The Balaban J connectivity index is 1.58. The van der Waals surface area contributed by atoms with Crippen molar-refractivity contribution in [3.05, 3.63) is 58.6 Å². The summed E-state index contributed by atoms with van der Waals surface area (Å²) in [5.74, 6) is -2.99. The van der Waals surface area contributed by atoms with Crippen molar-refractivity contribution in [3.8, 4) is 5.75 Å². The maximum absolute atomic E-state index is 13.6. The van der Waals surface area contributed by atoms with Crippen LogP contribution in [-0.2, 0) is 0 Å². The highest BCUT2D eigenvalue weighted by molar-refractivity contribution is 6.50. The van der Waals surface area contributed by atoms with Gasteiger partial charge in [0.1, 0.15) is 27.3 Å². The Hall–Kier alpha value is -2.09. The molecule has 3 amide bonds. The summed E-state index contributed by atoms with van der Waals surface area (Å²) in [7, 11) is 0. The van der Waals surface area contributed by atoms with Crippen LogP contribution in [0.15, 0.2) is 36.4 Å². The number of amides is 3. The van der Waals surface area contributed by atoms with E-state index in [9.17, 15) is 18.4 Å². The van der Waals surface area contributed by atoms with Gasteiger partial charge in [0.05, 0.1) is 11.6 Å². The van der Waals surface area contributed by atoms with E-state index in [-0.39, 0.29) is 16.6 Å². The van der Waals surface area contributed by atoms with Crippen LogP contribution in [0.1, 0.15) is 16.8 Å². The second-order valence-electron chi connectivity index (χ2n) is 6.12. The first-order chi connectivity index (χ1) is 13.2. The fourth-order valence-electron chi connectivity index (χ4n) is 2.38. The zero-order valence-electron chi connectivity index (χ0n) is 14.1. The zero-order chi connectivity index (χ0) is 20.5. The normalized spacial score (nSPS) is 17.0. The van der Waals surface area contributed by atoms with Gasteiger partial charge < -0.3 is 10.1 Å². The van der Waals surface area contributed by atoms with Crippen LogP contribution >= 0.6 is 34.8 Å². The third-order valence-corrected chi connectivity index (χ3v) is 5.22. The van der Waals surface area contributed by atoms with E-state index in [1.165, 1.54) is 18.2 Å². The summed E-state index contributed by atoms with van der Waals surface area (Å²) in [5, 5.41) is 4.40. The van der Waals surface area contributed by atoms with E-state index in [1.807, 2.05) is 5.32 Å². The number of urea groups is 1. The number of hydrogen-bond donors (Lipinski definition) is 2. The quantitative estimate of drug-likeness (QED) is 0.620. The first-order valence-electron chi connectivity index (χ1n) is 8.04. The monoisotopic (exact) mass is 448 g/mol. The third kappa shape index (κ3) is 4.84. The van der Waals surface area contributed by atoms with Gasteiger partial charge in [0.15, 0.2) is 0 Å². The average molecular weight is 450 g/mol. The third-order valence-electron chi connectivity index (χ3n) is 4.00. The van der Waals surface area contributed by atoms with Crippen molar-refractivity contribution in [1.29, 1.82) is 0 Å². The van der Waals surface area contributed by atoms with Gasteiger partial charge in [0, 0.05) is 11.6 Å². The zero-order valence-corrected chi connectivity index (χ0v) is 16.3. The molecule has 2 aromatic rings. The molecule has 3 rings (SSSR count). The summed E-state index contributed by atoms with van der Waals surface area (Å²) in [5.41, 5.74) is -0.610. The Morgan fingerprint density at radius 1 is 1.18 bits per heavy atom. The van der Waals surface area contributed by atoms with Crippen molar-refractivity contribution in [2.75, 3.05) is 11.9 Å². The van der Waals surface area contributed by atoms with Crippen LogP contribution in [0.2, 0.25) is 5.02 Å². The predicted molar refractivity (Wildman–Crippen MR) is 102 cm³/mol. The van der Waals surface area contributed by atoms with Crippen LogP contribution in [-0.4, -0.2) is 22.9 Å². The number of ether oxygens (including phenoxy) is 1. The largest absolute Gasteiger partial charge is 0.492 e. The number of rotatable bonds is 5. The van der Waals surface area contributed by atoms with Gasteiger partial charge in [-0.3, -0.25) is 10.1 Å². The number of hydrogen-bond acceptors (Lipinski definition) is 3. The topological polar surface area (TPSA) is 67.4 Å². The van der Waals surface area contributed by atoms with Crippen LogP contribution in [0.3, 0.4) is 0 Å². The van der Waals surface area contributed by atoms with Crippen molar-refractivity contribution in [3.63, 3.8) is 0 Å². The number of carbonyl (C=O) groups excluding carboxylic acids is 2. The number of nitrogens with one attached hydrogen (secondary N) is 2. The molecule has 0 aromatic heterocycles.